The molecule has 5 heteroatoms. The molecule has 2 aromatic carbocycles. The SMILES string of the molecule is Cc1cc(C)c(SCC(=O)Nc2ccccc2C(=O)NC2CC2)c(C)c1. The topological polar surface area (TPSA) is 58.2 Å². The average Bonchev–Trinajstić information content (AvgIpc) is 3.38. The van der Waals surface area contributed by atoms with Crippen molar-refractivity contribution in [3.63, 3.8) is 0 Å². The van der Waals surface area contributed by atoms with Crippen LogP contribution in [0.3, 0.4) is 0 Å². The summed E-state index contributed by atoms with van der Waals surface area (Å²) in [6.07, 6.45) is 2.07. The molecule has 0 saturated heterocycles. The standard InChI is InChI=1S/C21H24N2O2S/c1-13-10-14(2)20(15(3)11-13)26-12-19(24)23-18-7-5-4-6-17(18)21(25)22-16-8-9-16/h4-7,10-11,16H,8-9,12H2,1-3H3,(H,22,25)(H,23,24). The van der Waals surface area contributed by atoms with E-state index in [9.17, 15) is 9.59 Å². The zero-order chi connectivity index (χ0) is 18.7. The molecule has 1 saturated carbocycles. The average molecular weight is 369 g/mol. The number of thioether (sulfide) groups is 1. The number of para-hydroxylation sites is 1. The Balaban J connectivity index is 1.64. The first-order chi connectivity index (χ1) is 12.4. The first kappa shape index (κ1) is 18.5. The second-order valence-electron chi connectivity index (χ2n) is 6.86. The van der Waals surface area contributed by atoms with E-state index >= 15 is 0 Å². The second-order valence-corrected chi connectivity index (χ2v) is 7.84. The number of nitrogens with one attached hydrogen (secondary N) is 2. The molecule has 0 radical (unpaired) electrons. The third-order valence-corrected chi connectivity index (χ3v) is 5.65. The van der Waals surface area contributed by atoms with Gasteiger partial charge in [-0.3, -0.25) is 9.59 Å². The zero-order valence-electron chi connectivity index (χ0n) is 15.4. The minimum atomic E-state index is -0.124. The van der Waals surface area contributed by atoms with Crippen LogP contribution < -0.4 is 10.6 Å². The van der Waals surface area contributed by atoms with E-state index in [1.807, 2.05) is 12.1 Å². The summed E-state index contributed by atoms with van der Waals surface area (Å²) in [6, 6.07) is 11.7. The molecule has 2 aromatic rings. The highest BCUT2D eigenvalue weighted by Crippen LogP contribution is 2.28. The van der Waals surface area contributed by atoms with E-state index in [0.717, 1.165) is 17.7 Å². The van der Waals surface area contributed by atoms with Crippen LogP contribution in [-0.2, 0) is 4.79 Å². The van der Waals surface area contributed by atoms with Crippen LogP contribution in [0.5, 0.6) is 0 Å². The Morgan fingerprint density at radius 2 is 1.73 bits per heavy atom. The van der Waals surface area contributed by atoms with E-state index in [4.69, 9.17) is 0 Å². The Hall–Kier alpha value is -2.27. The van der Waals surface area contributed by atoms with E-state index in [1.54, 1.807) is 12.1 Å². The lowest BCUT2D eigenvalue weighted by molar-refractivity contribution is -0.113. The van der Waals surface area contributed by atoms with Gasteiger partial charge in [0, 0.05) is 10.9 Å². The molecule has 26 heavy (non-hydrogen) atoms. The van der Waals surface area contributed by atoms with Gasteiger partial charge in [-0.15, -0.1) is 11.8 Å². The van der Waals surface area contributed by atoms with Gasteiger partial charge in [-0.1, -0.05) is 29.8 Å². The maximum absolute atomic E-state index is 12.4. The number of rotatable bonds is 6. The van der Waals surface area contributed by atoms with E-state index in [0.29, 0.717) is 17.0 Å². The fourth-order valence-electron chi connectivity index (χ4n) is 3.00. The summed E-state index contributed by atoms with van der Waals surface area (Å²) >= 11 is 1.53. The summed E-state index contributed by atoms with van der Waals surface area (Å²) in [5.74, 6) is 0.0749. The molecule has 0 atom stereocenters. The largest absolute Gasteiger partial charge is 0.349 e. The molecule has 0 heterocycles. The Kier molecular flexibility index (Phi) is 5.67. The normalized spacial score (nSPS) is 13.3. The van der Waals surface area contributed by atoms with Crippen LogP contribution in [-0.4, -0.2) is 23.6 Å². The molecule has 3 rings (SSSR count). The molecule has 4 nitrogen and oxygen atoms in total. The number of hydrogen-bond acceptors (Lipinski definition) is 3. The summed E-state index contributed by atoms with van der Waals surface area (Å²) in [7, 11) is 0. The lowest BCUT2D eigenvalue weighted by atomic mass is 10.1. The zero-order valence-corrected chi connectivity index (χ0v) is 16.2. The maximum atomic E-state index is 12.4. The predicted octanol–water partition coefficient (Wildman–Crippen LogP) is 4.23. The predicted molar refractivity (Wildman–Crippen MR) is 107 cm³/mol. The second kappa shape index (κ2) is 7.96. The number of amides is 2. The summed E-state index contributed by atoms with van der Waals surface area (Å²) in [6.45, 7) is 6.21. The molecule has 0 unspecified atom stereocenters. The Bertz CT molecular complexity index is 821. The first-order valence-corrected chi connectivity index (χ1v) is 9.83. The summed E-state index contributed by atoms with van der Waals surface area (Å²) < 4.78 is 0. The molecule has 1 fully saturated rings. The molecule has 2 N–H and O–H groups in total. The quantitative estimate of drug-likeness (QED) is 0.750. The minimum absolute atomic E-state index is 0.110. The number of carbonyl (C=O) groups excluding carboxylic acids is 2. The van der Waals surface area contributed by atoms with Crippen LogP contribution >= 0.6 is 11.8 Å². The third kappa shape index (κ3) is 4.67. The van der Waals surface area contributed by atoms with Gasteiger partial charge in [0.15, 0.2) is 0 Å². The lowest BCUT2D eigenvalue weighted by Crippen LogP contribution is -2.27. The van der Waals surface area contributed by atoms with Crippen molar-refractivity contribution < 1.29 is 9.59 Å². The van der Waals surface area contributed by atoms with Crippen LogP contribution in [0.25, 0.3) is 0 Å². The van der Waals surface area contributed by atoms with Gasteiger partial charge < -0.3 is 10.6 Å². The number of aryl methyl sites for hydroxylation is 3. The smallest absolute Gasteiger partial charge is 0.253 e. The van der Waals surface area contributed by atoms with Gasteiger partial charge in [0.2, 0.25) is 5.91 Å². The first-order valence-electron chi connectivity index (χ1n) is 8.84. The number of hydrogen-bond donors (Lipinski definition) is 2. The Morgan fingerprint density at radius 3 is 2.38 bits per heavy atom. The minimum Gasteiger partial charge on any atom is -0.349 e. The number of anilines is 1. The molecular weight excluding hydrogens is 344 g/mol. The molecule has 136 valence electrons. The van der Waals surface area contributed by atoms with Gasteiger partial charge in [0.1, 0.15) is 0 Å². The van der Waals surface area contributed by atoms with Crippen LogP contribution in [0, 0.1) is 20.8 Å². The highest BCUT2D eigenvalue weighted by Gasteiger charge is 2.25. The summed E-state index contributed by atoms with van der Waals surface area (Å²) in [4.78, 5) is 25.9. The van der Waals surface area contributed by atoms with E-state index in [1.165, 1.54) is 28.5 Å². The molecular formula is C21H24N2O2S. The van der Waals surface area contributed by atoms with Gasteiger partial charge in [-0.2, -0.15) is 0 Å². The summed E-state index contributed by atoms with van der Waals surface area (Å²) in [5, 5.41) is 5.85. The van der Waals surface area contributed by atoms with Gasteiger partial charge in [0.05, 0.1) is 17.0 Å². The van der Waals surface area contributed by atoms with Crippen molar-refractivity contribution in [2.75, 3.05) is 11.1 Å². The molecule has 1 aliphatic carbocycles. The van der Waals surface area contributed by atoms with Gasteiger partial charge >= 0.3 is 0 Å². The molecule has 2 amide bonds. The summed E-state index contributed by atoms with van der Waals surface area (Å²) in [5.41, 5.74) is 4.67. The fourth-order valence-corrected chi connectivity index (χ4v) is 3.92. The molecule has 1 aliphatic rings. The molecule has 0 bridgehead atoms. The van der Waals surface area contributed by atoms with Crippen molar-refractivity contribution in [2.45, 2.75) is 44.6 Å². The number of benzene rings is 2. The Morgan fingerprint density at radius 1 is 1.08 bits per heavy atom. The van der Waals surface area contributed by atoms with Gasteiger partial charge in [0.25, 0.3) is 5.91 Å². The third-order valence-electron chi connectivity index (χ3n) is 4.31. The highest BCUT2D eigenvalue weighted by molar-refractivity contribution is 8.00. The van der Waals surface area contributed by atoms with Crippen molar-refractivity contribution >= 4 is 29.3 Å². The molecule has 0 aliphatic heterocycles. The molecule has 0 aromatic heterocycles. The Labute approximate surface area is 158 Å². The van der Waals surface area contributed by atoms with Gasteiger partial charge in [-0.05, 0) is 56.9 Å². The number of carbonyl (C=O) groups is 2. The van der Waals surface area contributed by atoms with Gasteiger partial charge in [-0.25, -0.2) is 0 Å². The maximum Gasteiger partial charge on any atom is 0.253 e. The van der Waals surface area contributed by atoms with Crippen molar-refractivity contribution in [1.29, 1.82) is 0 Å². The van der Waals surface area contributed by atoms with E-state index < -0.39 is 0 Å². The van der Waals surface area contributed by atoms with Crippen LogP contribution in [0.2, 0.25) is 0 Å². The molecule has 0 spiro atoms. The van der Waals surface area contributed by atoms with E-state index in [2.05, 4.69) is 43.5 Å². The van der Waals surface area contributed by atoms with Crippen molar-refractivity contribution in [2.24, 2.45) is 0 Å². The lowest BCUT2D eigenvalue weighted by Gasteiger charge is -2.13. The van der Waals surface area contributed by atoms with Crippen LogP contribution in [0.1, 0.15) is 39.9 Å². The van der Waals surface area contributed by atoms with Crippen molar-refractivity contribution in [1.82, 2.24) is 5.32 Å². The van der Waals surface area contributed by atoms with Crippen LogP contribution in [0.15, 0.2) is 41.3 Å². The highest BCUT2D eigenvalue weighted by atomic mass is 32.2. The monoisotopic (exact) mass is 368 g/mol. The van der Waals surface area contributed by atoms with Crippen molar-refractivity contribution in [3.8, 4) is 0 Å². The van der Waals surface area contributed by atoms with Crippen molar-refractivity contribution in [3.05, 3.63) is 58.7 Å². The van der Waals surface area contributed by atoms with E-state index in [-0.39, 0.29) is 17.9 Å². The fraction of sp³-hybridized carbons (Fsp3) is 0.333. The van der Waals surface area contributed by atoms with Crippen LogP contribution in [0.4, 0.5) is 5.69 Å².